The smallest absolute Gasteiger partial charge is 0.264 e. The quantitative estimate of drug-likeness (QED) is 0.813. The highest BCUT2D eigenvalue weighted by Crippen LogP contribution is 2.40. The molecule has 0 unspecified atom stereocenters. The first-order chi connectivity index (χ1) is 12.6. The molecule has 1 heterocycles. The number of sulfonamides is 1. The summed E-state index contributed by atoms with van der Waals surface area (Å²) < 4.78 is 34.0. The van der Waals surface area contributed by atoms with Gasteiger partial charge in [0.2, 0.25) is 0 Å². The zero-order valence-electron chi connectivity index (χ0n) is 15.6. The van der Waals surface area contributed by atoms with E-state index in [1.807, 2.05) is 20.8 Å². The normalized spacial score (nSPS) is 17.0. The number of fused-ring (bicyclic) bond motifs is 1. The molecule has 0 aromatic heterocycles. The van der Waals surface area contributed by atoms with Crippen molar-refractivity contribution < 1.29 is 13.2 Å². The molecule has 2 aromatic rings. The number of benzene rings is 2. The molecule has 1 aliphatic heterocycles. The van der Waals surface area contributed by atoms with Crippen molar-refractivity contribution in [1.29, 1.82) is 5.26 Å². The van der Waals surface area contributed by atoms with E-state index in [-0.39, 0.29) is 11.4 Å². The summed E-state index contributed by atoms with van der Waals surface area (Å²) in [6.07, 6.45) is -0.0243. The molecular formula is C20H23N3O3S. The van der Waals surface area contributed by atoms with Gasteiger partial charge >= 0.3 is 0 Å². The number of aryl methyl sites for hydroxylation is 1. The van der Waals surface area contributed by atoms with E-state index in [9.17, 15) is 13.7 Å². The molecule has 3 rings (SSSR count). The van der Waals surface area contributed by atoms with Crippen LogP contribution in [-0.4, -0.2) is 21.1 Å². The zero-order chi connectivity index (χ0) is 19.8. The molecule has 0 saturated carbocycles. The van der Waals surface area contributed by atoms with E-state index in [0.29, 0.717) is 23.5 Å². The largest absolute Gasteiger partial charge is 0.486 e. The third kappa shape index (κ3) is 3.86. The van der Waals surface area contributed by atoms with Crippen LogP contribution in [0.3, 0.4) is 0 Å². The zero-order valence-corrected chi connectivity index (χ0v) is 16.5. The average molecular weight is 385 g/mol. The van der Waals surface area contributed by atoms with Crippen LogP contribution in [0.2, 0.25) is 0 Å². The number of rotatable bonds is 4. The van der Waals surface area contributed by atoms with Gasteiger partial charge in [-0.2, -0.15) is 5.26 Å². The molecule has 2 N–H and O–H groups in total. The highest BCUT2D eigenvalue weighted by molar-refractivity contribution is 7.92. The van der Waals surface area contributed by atoms with Crippen LogP contribution in [0.5, 0.6) is 5.75 Å². The van der Waals surface area contributed by atoms with Gasteiger partial charge in [-0.15, -0.1) is 0 Å². The summed E-state index contributed by atoms with van der Waals surface area (Å²) in [5, 5.41) is 9.33. The van der Waals surface area contributed by atoms with Crippen LogP contribution in [0.4, 0.5) is 11.4 Å². The van der Waals surface area contributed by atoms with Gasteiger partial charge in [-0.25, -0.2) is 8.42 Å². The third-order valence-corrected chi connectivity index (χ3v) is 6.36. The number of hydrogen-bond donors (Lipinski definition) is 1. The maximum atomic E-state index is 13.3. The molecule has 0 radical (unpaired) electrons. The third-order valence-electron chi connectivity index (χ3n) is 4.56. The van der Waals surface area contributed by atoms with E-state index < -0.39 is 21.5 Å². The van der Waals surface area contributed by atoms with Crippen LogP contribution < -0.4 is 14.8 Å². The molecule has 0 amide bonds. The van der Waals surface area contributed by atoms with Crippen LogP contribution in [0.1, 0.15) is 25.8 Å². The van der Waals surface area contributed by atoms with Crippen LogP contribution in [0, 0.1) is 23.7 Å². The second-order valence-corrected chi connectivity index (χ2v) is 9.38. The Bertz CT molecular complexity index is 992. The molecule has 6 nitrogen and oxygen atoms in total. The molecule has 2 aromatic carbocycles. The Morgan fingerprint density at radius 3 is 2.56 bits per heavy atom. The number of nitrogens with zero attached hydrogens (tertiary/aromatic N) is 2. The van der Waals surface area contributed by atoms with Crippen molar-refractivity contribution in [3.05, 3.63) is 48.0 Å². The Morgan fingerprint density at radius 1 is 1.26 bits per heavy atom. The molecule has 27 heavy (non-hydrogen) atoms. The fourth-order valence-corrected chi connectivity index (χ4v) is 4.61. The highest BCUT2D eigenvalue weighted by Gasteiger charge is 2.37. The Labute approximate surface area is 160 Å². The Hall–Kier alpha value is -2.72. The number of nitrogens with two attached hydrogens (primary N) is 1. The summed E-state index contributed by atoms with van der Waals surface area (Å²) in [4.78, 5) is 0.210. The number of nitriles is 1. The molecule has 7 heteroatoms. The molecule has 0 saturated heterocycles. The Balaban J connectivity index is 2.05. The minimum absolute atomic E-state index is 0.123. The number of ether oxygens (including phenoxy) is 1. The molecule has 0 spiro atoms. The van der Waals surface area contributed by atoms with Crippen molar-refractivity contribution >= 4 is 21.4 Å². The van der Waals surface area contributed by atoms with Gasteiger partial charge in [-0.05, 0) is 51.1 Å². The molecule has 142 valence electrons. The number of anilines is 2. The standard InChI is InChI=1S/C20H23N3O3S/c1-14-4-7-17(8-5-14)27(24,25)23-12-16(11-20(2,3)13-21)26-19-9-6-15(22)10-18(19)23/h4-10,16H,11-12,22H2,1-3H3/t16-/m0/s1. The van der Waals surface area contributed by atoms with Gasteiger partial charge in [-0.1, -0.05) is 17.7 Å². The van der Waals surface area contributed by atoms with E-state index in [2.05, 4.69) is 6.07 Å². The van der Waals surface area contributed by atoms with Crippen molar-refractivity contribution in [2.75, 3.05) is 16.6 Å². The molecule has 1 aliphatic rings. The van der Waals surface area contributed by atoms with Gasteiger partial charge in [0.1, 0.15) is 11.9 Å². The predicted molar refractivity (Wildman–Crippen MR) is 105 cm³/mol. The van der Waals surface area contributed by atoms with E-state index >= 15 is 0 Å². The number of nitrogen functional groups attached to an aromatic ring is 1. The predicted octanol–water partition coefficient (Wildman–Crippen LogP) is 3.47. The van der Waals surface area contributed by atoms with Gasteiger partial charge in [-0.3, -0.25) is 4.31 Å². The first kappa shape index (κ1) is 19.1. The maximum absolute atomic E-state index is 13.3. The SMILES string of the molecule is Cc1ccc(S(=O)(=O)N2C[C@H](CC(C)(C)C#N)Oc3ccc(N)cc32)cc1. The molecular weight excluding hydrogens is 362 g/mol. The fourth-order valence-electron chi connectivity index (χ4n) is 3.12. The van der Waals surface area contributed by atoms with Crippen molar-refractivity contribution in [2.24, 2.45) is 5.41 Å². The number of hydrogen-bond acceptors (Lipinski definition) is 5. The van der Waals surface area contributed by atoms with E-state index in [0.717, 1.165) is 5.56 Å². The maximum Gasteiger partial charge on any atom is 0.264 e. The second kappa shape index (κ2) is 6.78. The lowest BCUT2D eigenvalue weighted by Crippen LogP contribution is -2.45. The van der Waals surface area contributed by atoms with Crippen molar-refractivity contribution in [1.82, 2.24) is 0 Å². The second-order valence-electron chi connectivity index (χ2n) is 7.52. The topological polar surface area (TPSA) is 96.4 Å². The summed E-state index contributed by atoms with van der Waals surface area (Å²) in [5.41, 5.74) is 7.11. The van der Waals surface area contributed by atoms with Crippen molar-refractivity contribution in [3.63, 3.8) is 0 Å². The van der Waals surface area contributed by atoms with Crippen molar-refractivity contribution in [2.45, 2.75) is 38.2 Å². The summed E-state index contributed by atoms with van der Waals surface area (Å²) in [7, 11) is -3.79. The minimum atomic E-state index is -3.79. The summed E-state index contributed by atoms with van der Waals surface area (Å²) in [6, 6.07) is 13.9. The van der Waals surface area contributed by atoms with Crippen LogP contribution in [-0.2, 0) is 10.0 Å². The lowest BCUT2D eigenvalue weighted by Gasteiger charge is -2.37. The highest BCUT2D eigenvalue weighted by atomic mass is 32.2. The van der Waals surface area contributed by atoms with Gasteiger partial charge in [0.05, 0.1) is 28.6 Å². The van der Waals surface area contributed by atoms with Gasteiger partial charge in [0.15, 0.2) is 0 Å². The monoisotopic (exact) mass is 385 g/mol. The van der Waals surface area contributed by atoms with E-state index in [1.165, 1.54) is 4.31 Å². The molecule has 1 atom stereocenters. The van der Waals surface area contributed by atoms with Crippen LogP contribution >= 0.6 is 0 Å². The first-order valence-electron chi connectivity index (χ1n) is 8.69. The van der Waals surface area contributed by atoms with Crippen LogP contribution in [0.25, 0.3) is 0 Å². The van der Waals surface area contributed by atoms with Gasteiger partial charge in [0, 0.05) is 12.1 Å². The summed E-state index contributed by atoms with van der Waals surface area (Å²) in [5.74, 6) is 0.449. The molecule has 0 aliphatic carbocycles. The molecule has 0 fully saturated rings. The Kier molecular flexibility index (Phi) is 4.79. The summed E-state index contributed by atoms with van der Waals surface area (Å²) in [6.45, 7) is 5.65. The van der Waals surface area contributed by atoms with E-state index in [1.54, 1.807) is 42.5 Å². The Morgan fingerprint density at radius 2 is 1.93 bits per heavy atom. The average Bonchev–Trinajstić information content (AvgIpc) is 2.61. The van der Waals surface area contributed by atoms with Crippen molar-refractivity contribution in [3.8, 4) is 11.8 Å². The lowest BCUT2D eigenvalue weighted by atomic mass is 9.88. The molecule has 0 bridgehead atoms. The van der Waals surface area contributed by atoms with Crippen LogP contribution in [0.15, 0.2) is 47.4 Å². The fraction of sp³-hybridized carbons (Fsp3) is 0.350. The van der Waals surface area contributed by atoms with Gasteiger partial charge < -0.3 is 10.5 Å². The first-order valence-corrected chi connectivity index (χ1v) is 10.1. The minimum Gasteiger partial charge on any atom is -0.486 e. The lowest BCUT2D eigenvalue weighted by molar-refractivity contribution is 0.156. The summed E-state index contributed by atoms with van der Waals surface area (Å²) >= 11 is 0. The van der Waals surface area contributed by atoms with E-state index in [4.69, 9.17) is 10.5 Å². The van der Waals surface area contributed by atoms with Gasteiger partial charge in [0.25, 0.3) is 10.0 Å².